The summed E-state index contributed by atoms with van der Waals surface area (Å²) in [6.07, 6.45) is 10.8. The number of carbonyl (C=O) groups excluding carboxylic acids is 1. The van der Waals surface area contributed by atoms with Crippen molar-refractivity contribution in [2.24, 2.45) is 11.8 Å². The molecule has 0 N–H and O–H groups in total. The molecule has 1 aliphatic heterocycles. The highest BCUT2D eigenvalue weighted by molar-refractivity contribution is 7.13. The van der Waals surface area contributed by atoms with Gasteiger partial charge in [0, 0.05) is 36.7 Å². The quantitative estimate of drug-likeness (QED) is 0.359. The molecular formula is C25H33F2N3O2S2. The van der Waals surface area contributed by atoms with Crippen LogP contribution in [0.4, 0.5) is 8.78 Å². The topological polar surface area (TPSA) is 55.3 Å². The SMILES string of the molecule is Cc1nc(/C=C/C(=O)CC2CCC(CCN3CCc4sc(OCC(C)(F)F)nc4C3)CC2)cs1. The summed E-state index contributed by atoms with van der Waals surface area (Å²) in [5, 5.41) is 3.35. The molecule has 5 nitrogen and oxygen atoms in total. The molecule has 9 heteroatoms. The van der Waals surface area contributed by atoms with E-state index in [4.69, 9.17) is 4.74 Å². The van der Waals surface area contributed by atoms with Crippen LogP contribution in [0.1, 0.15) is 66.7 Å². The van der Waals surface area contributed by atoms with Crippen molar-refractivity contribution in [3.63, 3.8) is 0 Å². The molecule has 0 amide bonds. The molecule has 1 saturated carbocycles. The number of aryl methyl sites for hydroxylation is 1. The monoisotopic (exact) mass is 509 g/mol. The highest BCUT2D eigenvalue weighted by Gasteiger charge is 2.27. The van der Waals surface area contributed by atoms with Gasteiger partial charge in [-0.3, -0.25) is 9.69 Å². The Balaban J connectivity index is 1.15. The van der Waals surface area contributed by atoms with E-state index < -0.39 is 12.5 Å². The molecule has 4 rings (SSSR count). The van der Waals surface area contributed by atoms with Gasteiger partial charge in [0.2, 0.25) is 0 Å². The lowest BCUT2D eigenvalue weighted by molar-refractivity contribution is -0.115. The molecule has 34 heavy (non-hydrogen) atoms. The van der Waals surface area contributed by atoms with Crippen molar-refractivity contribution in [2.45, 2.75) is 71.3 Å². The van der Waals surface area contributed by atoms with E-state index in [1.165, 1.54) is 24.2 Å². The standard InChI is InChI=1S/C25H33F2N3O2S2/c1-17-28-20(15-33-17)7-8-21(31)13-19-5-3-18(4-6-19)9-11-30-12-10-23-22(14-30)29-24(34-23)32-16-25(2,26)27/h7-8,15,18-19H,3-6,9-14,16H2,1-2H3/b8-7+. The highest BCUT2D eigenvalue weighted by atomic mass is 32.1. The first-order valence-corrected chi connectivity index (χ1v) is 13.8. The van der Waals surface area contributed by atoms with Gasteiger partial charge in [-0.2, -0.15) is 0 Å². The average molecular weight is 510 g/mol. The van der Waals surface area contributed by atoms with Crippen LogP contribution < -0.4 is 4.74 Å². The number of hydrogen-bond acceptors (Lipinski definition) is 7. The number of rotatable bonds is 10. The van der Waals surface area contributed by atoms with Crippen molar-refractivity contribution in [3.8, 4) is 5.19 Å². The summed E-state index contributed by atoms with van der Waals surface area (Å²) >= 11 is 3.00. The Hall–Kier alpha value is -1.71. The summed E-state index contributed by atoms with van der Waals surface area (Å²) in [5.41, 5.74) is 1.85. The van der Waals surface area contributed by atoms with Crippen molar-refractivity contribution < 1.29 is 18.3 Å². The fraction of sp³-hybridized carbons (Fsp3) is 0.640. The normalized spacial score (nSPS) is 21.6. The second-order valence-electron chi connectivity index (χ2n) is 9.71. The van der Waals surface area contributed by atoms with Gasteiger partial charge in [0.1, 0.15) is 0 Å². The van der Waals surface area contributed by atoms with Crippen LogP contribution in [0.25, 0.3) is 6.08 Å². The first-order chi connectivity index (χ1) is 16.2. The molecule has 0 saturated heterocycles. The smallest absolute Gasteiger partial charge is 0.278 e. The summed E-state index contributed by atoms with van der Waals surface area (Å²) in [7, 11) is 0. The molecule has 0 radical (unpaired) electrons. The fourth-order valence-corrected chi connectivity index (χ4v) is 6.23. The van der Waals surface area contributed by atoms with Gasteiger partial charge in [0.25, 0.3) is 11.1 Å². The molecule has 0 atom stereocenters. The van der Waals surface area contributed by atoms with E-state index in [1.54, 1.807) is 17.4 Å². The predicted octanol–water partition coefficient (Wildman–Crippen LogP) is 6.17. The number of carbonyl (C=O) groups is 1. The lowest BCUT2D eigenvalue weighted by Crippen LogP contribution is -2.32. The van der Waals surface area contributed by atoms with Gasteiger partial charge in [-0.25, -0.2) is 18.7 Å². The third kappa shape index (κ3) is 7.65. The number of thiazole rings is 2. The minimum atomic E-state index is -2.85. The summed E-state index contributed by atoms with van der Waals surface area (Å²) in [4.78, 5) is 24.7. The van der Waals surface area contributed by atoms with Crippen LogP contribution in [0.3, 0.4) is 0 Å². The minimum absolute atomic E-state index is 0.201. The number of fused-ring (bicyclic) bond motifs is 1. The molecule has 186 valence electrons. The summed E-state index contributed by atoms with van der Waals surface area (Å²) < 4.78 is 31.3. The number of alkyl halides is 2. The van der Waals surface area contributed by atoms with E-state index in [1.807, 2.05) is 18.4 Å². The first kappa shape index (κ1) is 25.4. The summed E-state index contributed by atoms with van der Waals surface area (Å²) in [6, 6.07) is 0. The number of halogens is 2. The molecule has 0 spiro atoms. The highest BCUT2D eigenvalue weighted by Crippen LogP contribution is 2.34. The third-order valence-electron chi connectivity index (χ3n) is 6.62. The summed E-state index contributed by atoms with van der Waals surface area (Å²) in [5.74, 6) is -1.44. The Morgan fingerprint density at radius 1 is 1.26 bits per heavy atom. The van der Waals surface area contributed by atoms with Crippen LogP contribution in [0, 0.1) is 18.8 Å². The Bertz CT molecular complexity index is 991. The summed E-state index contributed by atoms with van der Waals surface area (Å²) in [6.45, 7) is 4.98. The van der Waals surface area contributed by atoms with Gasteiger partial charge < -0.3 is 4.74 Å². The molecule has 3 heterocycles. The van der Waals surface area contributed by atoms with E-state index in [9.17, 15) is 13.6 Å². The second-order valence-corrected chi connectivity index (χ2v) is 11.8. The zero-order valence-corrected chi connectivity index (χ0v) is 21.5. The zero-order valence-electron chi connectivity index (χ0n) is 19.9. The number of ketones is 1. The number of hydrogen-bond donors (Lipinski definition) is 0. The van der Waals surface area contributed by atoms with E-state index in [0.717, 1.165) is 73.5 Å². The molecule has 0 bridgehead atoms. The van der Waals surface area contributed by atoms with Gasteiger partial charge in [-0.05, 0) is 63.1 Å². The van der Waals surface area contributed by atoms with Crippen LogP contribution in [0.5, 0.6) is 5.19 Å². The predicted molar refractivity (Wildman–Crippen MR) is 133 cm³/mol. The van der Waals surface area contributed by atoms with E-state index in [2.05, 4.69) is 14.9 Å². The Labute approximate surface area is 208 Å². The van der Waals surface area contributed by atoms with E-state index in [-0.39, 0.29) is 5.78 Å². The van der Waals surface area contributed by atoms with Crippen LogP contribution in [0.15, 0.2) is 11.5 Å². The van der Waals surface area contributed by atoms with Crippen molar-refractivity contribution in [1.82, 2.24) is 14.9 Å². The van der Waals surface area contributed by atoms with Crippen molar-refractivity contribution in [2.75, 3.05) is 19.7 Å². The first-order valence-electron chi connectivity index (χ1n) is 12.1. The largest absolute Gasteiger partial charge is 0.464 e. The Morgan fingerprint density at radius 2 is 2.03 bits per heavy atom. The van der Waals surface area contributed by atoms with Crippen molar-refractivity contribution in [1.29, 1.82) is 0 Å². The molecule has 0 aromatic carbocycles. The molecule has 2 aliphatic rings. The number of nitrogens with zero attached hydrogens (tertiary/aromatic N) is 3. The maximum absolute atomic E-state index is 13.0. The fourth-order valence-electron chi connectivity index (χ4n) is 4.75. The average Bonchev–Trinajstić information content (AvgIpc) is 3.40. The van der Waals surface area contributed by atoms with Gasteiger partial charge in [-0.15, -0.1) is 11.3 Å². The zero-order chi connectivity index (χ0) is 24.1. The van der Waals surface area contributed by atoms with Crippen LogP contribution in [-0.4, -0.2) is 46.3 Å². The maximum atomic E-state index is 13.0. The third-order valence-corrected chi connectivity index (χ3v) is 8.48. The van der Waals surface area contributed by atoms with Gasteiger partial charge in [0.15, 0.2) is 12.4 Å². The van der Waals surface area contributed by atoms with Crippen molar-refractivity contribution >= 4 is 34.5 Å². The molecular weight excluding hydrogens is 476 g/mol. The maximum Gasteiger partial charge on any atom is 0.278 e. The van der Waals surface area contributed by atoms with Gasteiger partial charge in [-0.1, -0.05) is 24.2 Å². The van der Waals surface area contributed by atoms with E-state index in [0.29, 0.717) is 23.5 Å². The van der Waals surface area contributed by atoms with Crippen LogP contribution in [-0.2, 0) is 17.8 Å². The second kappa shape index (κ2) is 11.4. The molecule has 1 fully saturated rings. The lowest BCUT2D eigenvalue weighted by atomic mass is 9.78. The van der Waals surface area contributed by atoms with Gasteiger partial charge in [0.05, 0.1) is 16.4 Å². The molecule has 0 unspecified atom stereocenters. The molecule has 2 aromatic rings. The minimum Gasteiger partial charge on any atom is -0.464 e. The number of allylic oxidation sites excluding steroid dienone is 1. The Kier molecular flexibility index (Phi) is 8.47. The number of ether oxygens (including phenoxy) is 1. The van der Waals surface area contributed by atoms with Crippen molar-refractivity contribution in [3.05, 3.63) is 32.7 Å². The Morgan fingerprint density at radius 3 is 2.74 bits per heavy atom. The number of aromatic nitrogens is 2. The van der Waals surface area contributed by atoms with E-state index >= 15 is 0 Å². The van der Waals surface area contributed by atoms with Crippen LogP contribution in [0.2, 0.25) is 0 Å². The molecule has 1 aliphatic carbocycles. The molecule has 2 aromatic heterocycles. The van der Waals surface area contributed by atoms with Crippen LogP contribution >= 0.6 is 22.7 Å². The van der Waals surface area contributed by atoms with Gasteiger partial charge >= 0.3 is 0 Å². The lowest BCUT2D eigenvalue weighted by Gasteiger charge is -2.31.